The van der Waals surface area contributed by atoms with E-state index in [1.165, 1.54) is 64.2 Å². The van der Waals surface area contributed by atoms with E-state index in [9.17, 15) is 9.90 Å². The number of carbonyl (C=O) groups excluding carboxylic acids is 1. The maximum Gasteiger partial charge on any atom is 0.305 e. The zero-order valence-electron chi connectivity index (χ0n) is 15.8. The second kappa shape index (κ2) is 18.7. The predicted octanol–water partition coefficient (Wildman–Crippen LogP) is 4.75. The van der Waals surface area contributed by atoms with Crippen molar-refractivity contribution >= 4 is 5.97 Å². The maximum atomic E-state index is 11.4. The molecule has 0 heterocycles. The van der Waals surface area contributed by atoms with Crippen LogP contribution in [0, 0.1) is 0 Å². The molecule has 0 aliphatic rings. The summed E-state index contributed by atoms with van der Waals surface area (Å²) in [4.78, 5) is 11.4. The number of esters is 1. The second-order valence-electron chi connectivity index (χ2n) is 6.81. The van der Waals surface area contributed by atoms with E-state index in [1.807, 2.05) is 6.92 Å². The molecule has 144 valence electrons. The molecule has 4 heteroatoms. The lowest BCUT2D eigenvalue weighted by molar-refractivity contribution is -0.146. The summed E-state index contributed by atoms with van der Waals surface area (Å²) in [5, 5.41) is 18.0. The maximum absolute atomic E-state index is 11.4. The van der Waals surface area contributed by atoms with Crippen LogP contribution in [0.1, 0.15) is 103 Å². The van der Waals surface area contributed by atoms with Gasteiger partial charge < -0.3 is 14.9 Å². The van der Waals surface area contributed by atoms with Crippen LogP contribution in [0.5, 0.6) is 0 Å². The number of rotatable bonds is 18. The number of aliphatic hydroxyl groups excluding tert-OH is 2. The topological polar surface area (TPSA) is 66.8 Å². The van der Waals surface area contributed by atoms with E-state index in [-0.39, 0.29) is 12.6 Å². The molecule has 1 unspecified atom stereocenters. The first-order valence-corrected chi connectivity index (χ1v) is 10.1. The van der Waals surface area contributed by atoms with Crippen LogP contribution in [-0.4, -0.2) is 35.5 Å². The van der Waals surface area contributed by atoms with E-state index in [0.29, 0.717) is 19.4 Å². The number of ether oxygens (including phenoxy) is 1. The van der Waals surface area contributed by atoms with Crippen LogP contribution in [0.2, 0.25) is 0 Å². The minimum atomic E-state index is -0.519. The molecule has 4 nitrogen and oxygen atoms in total. The van der Waals surface area contributed by atoms with Crippen molar-refractivity contribution in [2.45, 2.75) is 109 Å². The largest absolute Gasteiger partial charge is 0.463 e. The van der Waals surface area contributed by atoms with Gasteiger partial charge in [0.1, 0.15) is 6.61 Å². The smallest absolute Gasteiger partial charge is 0.305 e. The van der Waals surface area contributed by atoms with E-state index in [0.717, 1.165) is 19.3 Å². The SMILES string of the molecule is CCC(O)COC(=O)CCCCCCCCCCCCCCCO. The first-order valence-electron chi connectivity index (χ1n) is 10.1. The molecule has 2 N–H and O–H groups in total. The quantitative estimate of drug-likeness (QED) is 0.278. The van der Waals surface area contributed by atoms with E-state index in [4.69, 9.17) is 9.84 Å². The Morgan fingerprint density at radius 3 is 1.62 bits per heavy atom. The van der Waals surface area contributed by atoms with Crippen LogP contribution in [0.15, 0.2) is 0 Å². The lowest BCUT2D eigenvalue weighted by Crippen LogP contribution is -2.17. The molecule has 0 fully saturated rings. The highest BCUT2D eigenvalue weighted by Gasteiger charge is 2.06. The third kappa shape index (κ3) is 17.7. The highest BCUT2D eigenvalue weighted by Crippen LogP contribution is 2.13. The molecule has 0 aromatic heterocycles. The van der Waals surface area contributed by atoms with Crippen LogP contribution in [0.4, 0.5) is 0 Å². The summed E-state index contributed by atoms with van der Waals surface area (Å²) in [6.45, 7) is 2.34. The Kier molecular flexibility index (Phi) is 18.2. The van der Waals surface area contributed by atoms with Crippen LogP contribution < -0.4 is 0 Å². The Hall–Kier alpha value is -0.610. The van der Waals surface area contributed by atoms with Gasteiger partial charge in [0.05, 0.1) is 6.10 Å². The van der Waals surface area contributed by atoms with Gasteiger partial charge in [0.2, 0.25) is 0 Å². The van der Waals surface area contributed by atoms with Gasteiger partial charge in [0.15, 0.2) is 0 Å². The van der Waals surface area contributed by atoms with Gasteiger partial charge in [0.25, 0.3) is 0 Å². The predicted molar refractivity (Wildman–Crippen MR) is 99.0 cm³/mol. The van der Waals surface area contributed by atoms with Crippen molar-refractivity contribution < 1.29 is 19.7 Å². The number of hydrogen-bond donors (Lipinski definition) is 2. The molecular weight excluding hydrogens is 304 g/mol. The highest BCUT2D eigenvalue weighted by molar-refractivity contribution is 5.69. The van der Waals surface area contributed by atoms with Crippen molar-refractivity contribution in [2.75, 3.05) is 13.2 Å². The van der Waals surface area contributed by atoms with Gasteiger partial charge in [-0.2, -0.15) is 0 Å². The van der Waals surface area contributed by atoms with Gasteiger partial charge in [-0.25, -0.2) is 0 Å². The van der Waals surface area contributed by atoms with Gasteiger partial charge in [-0.15, -0.1) is 0 Å². The van der Waals surface area contributed by atoms with Gasteiger partial charge in [-0.3, -0.25) is 4.79 Å². The lowest BCUT2D eigenvalue weighted by Gasteiger charge is -2.08. The summed E-state index contributed by atoms with van der Waals surface area (Å²) in [6, 6.07) is 0. The fraction of sp³-hybridized carbons (Fsp3) is 0.950. The Labute approximate surface area is 149 Å². The van der Waals surface area contributed by atoms with Crippen LogP contribution in [0.25, 0.3) is 0 Å². The number of unbranched alkanes of at least 4 members (excludes halogenated alkanes) is 12. The number of carbonyl (C=O) groups is 1. The zero-order chi connectivity index (χ0) is 17.9. The Morgan fingerprint density at radius 1 is 0.792 bits per heavy atom. The average Bonchev–Trinajstić information content (AvgIpc) is 2.59. The summed E-state index contributed by atoms with van der Waals surface area (Å²) in [5.74, 6) is -0.179. The van der Waals surface area contributed by atoms with Crippen molar-refractivity contribution in [3.63, 3.8) is 0 Å². The minimum Gasteiger partial charge on any atom is -0.463 e. The molecule has 0 saturated heterocycles. The summed E-state index contributed by atoms with van der Waals surface area (Å²) in [5.41, 5.74) is 0. The minimum absolute atomic E-state index is 0.136. The molecule has 0 radical (unpaired) electrons. The molecule has 0 aliphatic heterocycles. The van der Waals surface area contributed by atoms with Crippen molar-refractivity contribution in [1.29, 1.82) is 0 Å². The Balaban J connectivity index is 3.13. The fourth-order valence-electron chi connectivity index (χ4n) is 2.70. The van der Waals surface area contributed by atoms with Gasteiger partial charge in [-0.05, 0) is 19.3 Å². The monoisotopic (exact) mass is 344 g/mol. The van der Waals surface area contributed by atoms with Gasteiger partial charge in [0, 0.05) is 13.0 Å². The van der Waals surface area contributed by atoms with Crippen molar-refractivity contribution in [2.24, 2.45) is 0 Å². The summed E-state index contributed by atoms with van der Waals surface area (Å²) in [7, 11) is 0. The molecular formula is C20H40O4. The van der Waals surface area contributed by atoms with E-state index >= 15 is 0 Å². The Bertz CT molecular complexity index is 268. The summed E-state index contributed by atoms with van der Waals surface area (Å²) >= 11 is 0. The van der Waals surface area contributed by atoms with E-state index in [1.54, 1.807) is 0 Å². The second-order valence-corrected chi connectivity index (χ2v) is 6.81. The molecule has 0 rings (SSSR count). The van der Waals surface area contributed by atoms with E-state index in [2.05, 4.69) is 0 Å². The molecule has 0 saturated carbocycles. The number of aliphatic hydroxyl groups is 2. The highest BCUT2D eigenvalue weighted by atomic mass is 16.5. The van der Waals surface area contributed by atoms with Crippen molar-refractivity contribution in [3.8, 4) is 0 Å². The third-order valence-corrected chi connectivity index (χ3v) is 4.45. The van der Waals surface area contributed by atoms with Gasteiger partial charge >= 0.3 is 5.97 Å². The molecule has 0 aliphatic carbocycles. The fourth-order valence-corrected chi connectivity index (χ4v) is 2.70. The average molecular weight is 345 g/mol. The molecule has 0 aromatic carbocycles. The normalized spacial score (nSPS) is 12.3. The molecule has 1 atom stereocenters. The molecule has 0 amide bonds. The van der Waals surface area contributed by atoms with Crippen molar-refractivity contribution in [1.82, 2.24) is 0 Å². The van der Waals surface area contributed by atoms with Crippen LogP contribution >= 0.6 is 0 Å². The zero-order valence-corrected chi connectivity index (χ0v) is 15.8. The number of hydrogen-bond acceptors (Lipinski definition) is 4. The lowest BCUT2D eigenvalue weighted by atomic mass is 10.0. The Morgan fingerprint density at radius 2 is 1.21 bits per heavy atom. The molecule has 0 aromatic rings. The summed E-state index contributed by atoms with van der Waals surface area (Å²) in [6.07, 6.45) is 16.4. The summed E-state index contributed by atoms with van der Waals surface area (Å²) < 4.78 is 5.01. The molecule has 0 bridgehead atoms. The molecule has 0 spiro atoms. The first kappa shape index (κ1) is 23.4. The van der Waals surface area contributed by atoms with E-state index < -0.39 is 6.10 Å². The van der Waals surface area contributed by atoms with Crippen LogP contribution in [-0.2, 0) is 9.53 Å². The van der Waals surface area contributed by atoms with Crippen LogP contribution in [0.3, 0.4) is 0 Å². The van der Waals surface area contributed by atoms with Crippen molar-refractivity contribution in [3.05, 3.63) is 0 Å². The standard InChI is InChI=1S/C20H40O4/c1-2-19(22)18-24-20(23)16-14-12-10-8-6-4-3-5-7-9-11-13-15-17-21/h19,21-22H,2-18H2,1H3. The third-order valence-electron chi connectivity index (χ3n) is 4.45. The first-order chi connectivity index (χ1) is 11.7. The van der Waals surface area contributed by atoms with Gasteiger partial charge in [-0.1, -0.05) is 77.6 Å². The molecule has 24 heavy (non-hydrogen) atoms.